The zero-order valence-corrected chi connectivity index (χ0v) is 12.9. The fourth-order valence-electron chi connectivity index (χ4n) is 2.11. The number of aliphatic hydroxyl groups excluding tert-OH is 3. The van der Waals surface area contributed by atoms with Crippen molar-refractivity contribution in [2.24, 2.45) is 0 Å². The Morgan fingerprint density at radius 3 is 2.73 bits per heavy atom. The van der Waals surface area contributed by atoms with E-state index in [2.05, 4.69) is 0 Å². The monoisotopic (exact) mass is 430 g/mol. The molecule has 1 fully saturated rings. The fourth-order valence-corrected chi connectivity index (χ4v) is 2.47. The van der Waals surface area contributed by atoms with E-state index in [-0.39, 0.29) is 0 Å². The molecule has 5 N–H and O–H groups in total. The molecule has 1 aromatic heterocycles. The zero-order chi connectivity index (χ0) is 16.7. The molecule has 1 unspecified atom stereocenters. The molecule has 0 bridgehead atoms. The van der Waals surface area contributed by atoms with Crippen molar-refractivity contribution >= 4 is 22.6 Å². The largest absolute Gasteiger partial charge is 0.387 e. The second-order valence-corrected chi connectivity index (χ2v) is 5.63. The van der Waals surface area contributed by atoms with Gasteiger partial charge < -0.3 is 25.2 Å². The van der Waals surface area contributed by atoms with Crippen molar-refractivity contribution < 1.29 is 29.6 Å². The molecule has 0 radical (unpaired) electrons. The van der Waals surface area contributed by atoms with Crippen molar-refractivity contribution in [2.45, 2.75) is 30.3 Å². The van der Waals surface area contributed by atoms with Crippen LogP contribution in [0.2, 0.25) is 0 Å². The van der Waals surface area contributed by atoms with Crippen molar-refractivity contribution in [3.8, 4) is 0 Å². The Kier molecular flexibility index (Phi) is 4.84. The Morgan fingerprint density at radius 1 is 1.55 bits per heavy atom. The summed E-state index contributed by atoms with van der Waals surface area (Å²) in [5, 5.41) is 39.8. The number of halogens is 2. The van der Waals surface area contributed by atoms with Crippen LogP contribution in [-0.4, -0.2) is 54.4 Å². The molecule has 11 heteroatoms. The topological polar surface area (TPSA) is 145 Å². The van der Waals surface area contributed by atoms with Gasteiger partial charge in [0.25, 0.3) is 11.5 Å². The van der Waals surface area contributed by atoms with Gasteiger partial charge in [-0.3, -0.25) is 9.78 Å². The first-order valence-electron chi connectivity index (χ1n) is 5.96. The Balaban J connectivity index is 2.42. The molecule has 1 aromatic rings. The Labute approximate surface area is 135 Å². The van der Waals surface area contributed by atoms with Crippen molar-refractivity contribution in [1.82, 2.24) is 9.55 Å². The summed E-state index contributed by atoms with van der Waals surface area (Å²) in [6.45, 7) is 0. The van der Waals surface area contributed by atoms with Gasteiger partial charge in [0.2, 0.25) is 0 Å². The average molecular weight is 430 g/mol. The molecule has 22 heavy (non-hydrogen) atoms. The number of aromatic nitrogens is 2. The van der Waals surface area contributed by atoms with E-state index in [1.807, 2.05) is 4.98 Å². The SMILES string of the molecule is O=c1ccn([C@]2(O)O[C@H](C(O)/C=C(\F)I)[C@@H](O)[C@@H]2O)c(=O)[nH]1. The van der Waals surface area contributed by atoms with Crippen LogP contribution in [0.25, 0.3) is 0 Å². The fraction of sp³-hybridized carbons (Fsp3) is 0.455. The predicted molar refractivity (Wildman–Crippen MR) is 77.6 cm³/mol. The lowest BCUT2D eigenvalue weighted by Gasteiger charge is -2.27. The summed E-state index contributed by atoms with van der Waals surface area (Å²) in [5.74, 6) is -2.73. The van der Waals surface area contributed by atoms with Gasteiger partial charge >= 0.3 is 5.69 Å². The van der Waals surface area contributed by atoms with Crippen molar-refractivity contribution in [2.75, 3.05) is 0 Å². The normalized spacial score (nSPS) is 33.9. The van der Waals surface area contributed by atoms with E-state index in [9.17, 15) is 34.4 Å². The number of nitrogens with one attached hydrogen (secondary N) is 1. The van der Waals surface area contributed by atoms with Crippen LogP contribution in [0.4, 0.5) is 4.39 Å². The van der Waals surface area contributed by atoms with E-state index in [1.165, 1.54) is 22.6 Å². The molecule has 0 saturated carbocycles. The predicted octanol–water partition coefficient (Wildman–Crippen LogP) is -2.13. The molecule has 0 aromatic carbocycles. The maximum atomic E-state index is 12.8. The molecule has 2 heterocycles. The smallest absolute Gasteiger partial charge is 0.332 e. The molecule has 5 atom stereocenters. The van der Waals surface area contributed by atoms with Crippen molar-refractivity contribution in [3.63, 3.8) is 0 Å². The Hall–Kier alpha value is -1.12. The lowest BCUT2D eigenvalue weighted by Crippen LogP contribution is -2.51. The third kappa shape index (κ3) is 3.00. The highest BCUT2D eigenvalue weighted by molar-refractivity contribution is 14.1. The second-order valence-electron chi connectivity index (χ2n) is 4.60. The molecular weight excluding hydrogens is 418 g/mol. The Morgan fingerprint density at radius 2 is 2.18 bits per heavy atom. The number of aromatic amines is 1. The summed E-state index contributed by atoms with van der Waals surface area (Å²) in [7, 11) is 0. The number of ether oxygens (including phenoxy) is 1. The van der Waals surface area contributed by atoms with E-state index in [0.717, 1.165) is 12.3 Å². The molecule has 1 aliphatic rings. The molecular formula is C11H12FIN2O7. The zero-order valence-electron chi connectivity index (χ0n) is 10.8. The van der Waals surface area contributed by atoms with Crippen LogP contribution in [0.3, 0.4) is 0 Å². The first-order valence-corrected chi connectivity index (χ1v) is 7.04. The van der Waals surface area contributed by atoms with Gasteiger partial charge in [-0.25, -0.2) is 13.8 Å². The highest BCUT2D eigenvalue weighted by Gasteiger charge is 2.57. The second kappa shape index (κ2) is 6.17. The highest BCUT2D eigenvalue weighted by Crippen LogP contribution is 2.34. The molecule has 0 aliphatic carbocycles. The molecule has 2 rings (SSSR count). The minimum atomic E-state index is -2.73. The van der Waals surface area contributed by atoms with E-state index >= 15 is 0 Å². The number of H-pyrrole nitrogens is 1. The summed E-state index contributed by atoms with van der Waals surface area (Å²) in [6, 6.07) is 0.885. The van der Waals surface area contributed by atoms with Gasteiger partial charge in [-0.1, -0.05) is 0 Å². The summed E-state index contributed by atoms with van der Waals surface area (Å²) in [5.41, 5.74) is -1.85. The van der Waals surface area contributed by atoms with E-state index in [4.69, 9.17) is 4.74 Å². The van der Waals surface area contributed by atoms with E-state index < -0.39 is 45.4 Å². The summed E-state index contributed by atoms with van der Waals surface area (Å²) in [4.78, 5) is 24.5. The first kappa shape index (κ1) is 17.2. The number of hydrogen-bond acceptors (Lipinski definition) is 7. The summed E-state index contributed by atoms with van der Waals surface area (Å²) < 4.78 is 17.4. The standard InChI is InChI=1S/C11H12FIN2O7/c12-5(13)3-4(16)8-7(18)9(19)11(21,22-8)15-2-1-6(17)14-10(15)20/h1-4,7-9,16,18-19,21H,(H,14,17,20)/b5-3+/t4?,7-,8-,9+,11-/m1/s1. The highest BCUT2D eigenvalue weighted by atomic mass is 127. The summed E-state index contributed by atoms with van der Waals surface area (Å²) >= 11 is 1.26. The van der Waals surface area contributed by atoms with Crippen LogP contribution in [0.5, 0.6) is 0 Å². The Bertz CT molecular complexity index is 700. The van der Waals surface area contributed by atoms with E-state index in [0.29, 0.717) is 10.6 Å². The molecule has 1 aliphatic heterocycles. The van der Waals surface area contributed by atoms with Gasteiger partial charge in [0.1, 0.15) is 18.3 Å². The number of hydrogen-bond donors (Lipinski definition) is 5. The molecule has 122 valence electrons. The van der Waals surface area contributed by atoms with Gasteiger partial charge in [-0.15, -0.1) is 0 Å². The minimum Gasteiger partial charge on any atom is -0.387 e. The van der Waals surface area contributed by atoms with Gasteiger partial charge in [0.15, 0.2) is 9.94 Å². The van der Waals surface area contributed by atoms with Gasteiger partial charge in [-0.2, -0.15) is 0 Å². The van der Waals surface area contributed by atoms with Crippen LogP contribution < -0.4 is 11.2 Å². The van der Waals surface area contributed by atoms with Gasteiger partial charge in [-0.05, 0) is 28.7 Å². The minimum absolute atomic E-state index is 0.444. The van der Waals surface area contributed by atoms with Crippen molar-refractivity contribution in [3.05, 3.63) is 43.0 Å². The average Bonchev–Trinajstić information content (AvgIpc) is 2.63. The maximum absolute atomic E-state index is 12.8. The maximum Gasteiger partial charge on any atom is 0.332 e. The summed E-state index contributed by atoms with van der Waals surface area (Å²) in [6.07, 6.45) is -5.58. The lowest BCUT2D eigenvalue weighted by molar-refractivity contribution is -0.293. The van der Waals surface area contributed by atoms with Gasteiger partial charge in [0, 0.05) is 12.3 Å². The van der Waals surface area contributed by atoms with Crippen LogP contribution in [-0.2, 0) is 10.6 Å². The first-order chi connectivity index (χ1) is 10.2. The number of nitrogens with zero attached hydrogens (tertiary/aromatic N) is 1. The lowest BCUT2D eigenvalue weighted by atomic mass is 10.0. The number of rotatable bonds is 3. The van der Waals surface area contributed by atoms with Crippen molar-refractivity contribution in [1.29, 1.82) is 0 Å². The third-order valence-corrected chi connectivity index (χ3v) is 3.52. The molecule has 0 amide bonds. The molecule has 1 saturated heterocycles. The molecule has 9 nitrogen and oxygen atoms in total. The number of aliphatic hydroxyl groups is 4. The van der Waals surface area contributed by atoms with E-state index in [1.54, 1.807) is 0 Å². The van der Waals surface area contributed by atoms with Crippen LogP contribution in [0.1, 0.15) is 0 Å². The third-order valence-electron chi connectivity index (χ3n) is 3.16. The van der Waals surface area contributed by atoms with Crippen LogP contribution in [0, 0.1) is 0 Å². The van der Waals surface area contributed by atoms with Gasteiger partial charge in [0.05, 0.1) is 0 Å². The molecule has 0 spiro atoms. The quantitative estimate of drug-likeness (QED) is 0.345. The van der Waals surface area contributed by atoms with Crippen LogP contribution >= 0.6 is 22.6 Å². The van der Waals surface area contributed by atoms with Crippen LogP contribution in [0.15, 0.2) is 31.8 Å².